The Hall–Kier alpha value is -0.710. The first-order valence-electron chi connectivity index (χ1n) is 5.79. The Balaban J connectivity index is 2.05. The third kappa shape index (κ3) is 5.39. The van der Waals surface area contributed by atoms with Gasteiger partial charge in [-0.15, -0.1) is 0 Å². The van der Waals surface area contributed by atoms with Gasteiger partial charge in [-0.2, -0.15) is 0 Å². The SMILES string of the molecule is CCOC(=O)CCCNC1=NCC(C)CS1. The Kier molecular flexibility index (Phi) is 6.30. The molecule has 0 bridgehead atoms. The molecule has 0 fully saturated rings. The largest absolute Gasteiger partial charge is 0.466 e. The van der Waals surface area contributed by atoms with E-state index in [1.54, 1.807) is 11.8 Å². The van der Waals surface area contributed by atoms with Crippen LogP contribution in [-0.4, -0.2) is 36.6 Å². The summed E-state index contributed by atoms with van der Waals surface area (Å²) in [6, 6.07) is 0. The Morgan fingerprint density at radius 1 is 1.69 bits per heavy atom. The van der Waals surface area contributed by atoms with Crippen LogP contribution in [0.1, 0.15) is 26.7 Å². The standard InChI is InChI=1S/C11H20N2O2S/c1-3-15-10(14)5-4-6-12-11-13-7-9(2)8-16-11/h9H,3-8H2,1-2H3,(H,12,13). The minimum atomic E-state index is -0.115. The van der Waals surface area contributed by atoms with Crippen molar-refractivity contribution >= 4 is 22.9 Å². The second kappa shape index (κ2) is 7.54. The Morgan fingerprint density at radius 3 is 3.12 bits per heavy atom. The first-order chi connectivity index (χ1) is 7.72. The number of esters is 1. The summed E-state index contributed by atoms with van der Waals surface area (Å²) in [7, 11) is 0. The molecule has 16 heavy (non-hydrogen) atoms. The molecule has 0 spiro atoms. The maximum Gasteiger partial charge on any atom is 0.305 e. The van der Waals surface area contributed by atoms with E-state index in [2.05, 4.69) is 17.2 Å². The van der Waals surface area contributed by atoms with Crippen molar-refractivity contribution in [2.45, 2.75) is 26.7 Å². The average Bonchev–Trinajstić information content (AvgIpc) is 2.27. The van der Waals surface area contributed by atoms with Crippen LogP contribution < -0.4 is 5.32 Å². The summed E-state index contributed by atoms with van der Waals surface area (Å²) < 4.78 is 4.85. The van der Waals surface area contributed by atoms with Gasteiger partial charge < -0.3 is 10.1 Å². The van der Waals surface area contributed by atoms with Crippen molar-refractivity contribution < 1.29 is 9.53 Å². The number of thioether (sulfide) groups is 1. The van der Waals surface area contributed by atoms with Gasteiger partial charge in [0, 0.05) is 25.3 Å². The lowest BCUT2D eigenvalue weighted by atomic mass is 10.2. The molecule has 0 amide bonds. The summed E-state index contributed by atoms with van der Waals surface area (Å²) in [5.74, 6) is 1.69. The van der Waals surface area contributed by atoms with Crippen LogP contribution in [0.15, 0.2) is 4.99 Å². The molecule has 5 heteroatoms. The molecule has 0 radical (unpaired) electrons. The summed E-state index contributed by atoms with van der Waals surface area (Å²) >= 11 is 1.76. The second-order valence-corrected chi connectivity index (χ2v) is 4.91. The molecule has 0 aliphatic carbocycles. The molecule has 0 saturated carbocycles. The molecule has 1 aliphatic heterocycles. The van der Waals surface area contributed by atoms with Crippen molar-refractivity contribution in [2.24, 2.45) is 10.9 Å². The lowest BCUT2D eigenvalue weighted by Crippen LogP contribution is -2.27. The van der Waals surface area contributed by atoms with E-state index in [1.165, 1.54) is 0 Å². The van der Waals surface area contributed by atoms with Crippen LogP contribution in [-0.2, 0) is 9.53 Å². The van der Waals surface area contributed by atoms with Crippen LogP contribution in [0.3, 0.4) is 0 Å². The molecule has 1 N–H and O–H groups in total. The topological polar surface area (TPSA) is 50.7 Å². The van der Waals surface area contributed by atoms with Crippen LogP contribution in [0.25, 0.3) is 0 Å². The van der Waals surface area contributed by atoms with E-state index in [-0.39, 0.29) is 5.97 Å². The molecule has 4 nitrogen and oxygen atoms in total. The number of ether oxygens (including phenoxy) is 1. The zero-order valence-corrected chi connectivity index (χ0v) is 10.8. The molecule has 0 aromatic rings. The van der Waals surface area contributed by atoms with E-state index < -0.39 is 0 Å². The monoisotopic (exact) mass is 244 g/mol. The predicted molar refractivity (Wildman–Crippen MR) is 67.8 cm³/mol. The van der Waals surface area contributed by atoms with E-state index in [0.29, 0.717) is 18.9 Å². The lowest BCUT2D eigenvalue weighted by molar-refractivity contribution is -0.143. The second-order valence-electron chi connectivity index (χ2n) is 3.90. The highest BCUT2D eigenvalue weighted by atomic mass is 32.2. The van der Waals surface area contributed by atoms with Crippen molar-refractivity contribution in [3.05, 3.63) is 0 Å². The molecule has 0 aromatic carbocycles. The zero-order chi connectivity index (χ0) is 11.8. The van der Waals surface area contributed by atoms with E-state index >= 15 is 0 Å². The third-order valence-electron chi connectivity index (χ3n) is 2.19. The van der Waals surface area contributed by atoms with Crippen molar-refractivity contribution in [1.82, 2.24) is 5.32 Å². The number of hydrogen-bond donors (Lipinski definition) is 1. The third-order valence-corrected chi connectivity index (χ3v) is 3.47. The molecule has 1 unspecified atom stereocenters. The Morgan fingerprint density at radius 2 is 2.50 bits per heavy atom. The first-order valence-corrected chi connectivity index (χ1v) is 6.77. The van der Waals surface area contributed by atoms with E-state index in [4.69, 9.17) is 4.74 Å². The van der Waals surface area contributed by atoms with Gasteiger partial charge in [0.1, 0.15) is 0 Å². The highest BCUT2D eigenvalue weighted by Gasteiger charge is 2.11. The summed E-state index contributed by atoms with van der Waals surface area (Å²) in [5, 5.41) is 4.26. The molecule has 1 aliphatic rings. The molecular formula is C11H20N2O2S. The summed E-state index contributed by atoms with van der Waals surface area (Å²) in [6.45, 7) is 6.19. The summed E-state index contributed by atoms with van der Waals surface area (Å²) in [5.41, 5.74) is 0. The van der Waals surface area contributed by atoms with Crippen molar-refractivity contribution in [3.8, 4) is 0 Å². The van der Waals surface area contributed by atoms with Gasteiger partial charge in [-0.25, -0.2) is 0 Å². The van der Waals surface area contributed by atoms with E-state index in [1.807, 2.05) is 6.92 Å². The minimum Gasteiger partial charge on any atom is -0.466 e. The lowest BCUT2D eigenvalue weighted by Gasteiger charge is -2.17. The number of rotatable bonds is 5. The van der Waals surface area contributed by atoms with Crippen molar-refractivity contribution in [2.75, 3.05) is 25.4 Å². The minimum absolute atomic E-state index is 0.115. The molecule has 1 rings (SSSR count). The number of amidine groups is 1. The molecule has 1 heterocycles. The summed E-state index contributed by atoms with van der Waals surface area (Å²) in [6.07, 6.45) is 1.28. The van der Waals surface area contributed by atoms with Gasteiger partial charge in [-0.1, -0.05) is 18.7 Å². The molecule has 0 aromatic heterocycles. The average molecular weight is 244 g/mol. The molecule has 1 atom stereocenters. The maximum absolute atomic E-state index is 11.1. The number of carbonyl (C=O) groups is 1. The van der Waals surface area contributed by atoms with Crippen LogP contribution in [0.4, 0.5) is 0 Å². The van der Waals surface area contributed by atoms with Crippen LogP contribution in [0, 0.1) is 5.92 Å². The Labute approximate surface area is 101 Å². The fourth-order valence-corrected chi connectivity index (χ4v) is 2.24. The van der Waals surface area contributed by atoms with Gasteiger partial charge in [0.05, 0.1) is 6.61 Å². The van der Waals surface area contributed by atoms with Gasteiger partial charge in [0.25, 0.3) is 0 Å². The molecule has 0 saturated heterocycles. The smallest absolute Gasteiger partial charge is 0.305 e. The molecular weight excluding hydrogens is 224 g/mol. The maximum atomic E-state index is 11.1. The number of hydrogen-bond acceptors (Lipinski definition) is 5. The number of nitrogens with zero attached hydrogens (tertiary/aromatic N) is 1. The van der Waals surface area contributed by atoms with Crippen LogP contribution in [0.5, 0.6) is 0 Å². The number of carbonyl (C=O) groups excluding carboxylic acids is 1. The van der Waals surface area contributed by atoms with Gasteiger partial charge in [0.15, 0.2) is 5.17 Å². The van der Waals surface area contributed by atoms with Crippen LogP contribution in [0.2, 0.25) is 0 Å². The van der Waals surface area contributed by atoms with Gasteiger partial charge in [-0.05, 0) is 19.3 Å². The van der Waals surface area contributed by atoms with Gasteiger partial charge >= 0.3 is 5.97 Å². The quantitative estimate of drug-likeness (QED) is 0.590. The Bertz CT molecular complexity index is 256. The first kappa shape index (κ1) is 13.4. The molecule has 92 valence electrons. The van der Waals surface area contributed by atoms with Gasteiger partial charge in [-0.3, -0.25) is 9.79 Å². The fraction of sp³-hybridized carbons (Fsp3) is 0.818. The highest BCUT2D eigenvalue weighted by Crippen LogP contribution is 2.15. The summed E-state index contributed by atoms with van der Waals surface area (Å²) in [4.78, 5) is 15.5. The fourth-order valence-electron chi connectivity index (χ4n) is 1.33. The van der Waals surface area contributed by atoms with E-state index in [9.17, 15) is 4.79 Å². The number of nitrogens with one attached hydrogen (secondary N) is 1. The zero-order valence-electron chi connectivity index (χ0n) is 9.99. The van der Waals surface area contributed by atoms with Crippen molar-refractivity contribution in [3.63, 3.8) is 0 Å². The normalized spacial score (nSPS) is 20.1. The van der Waals surface area contributed by atoms with Crippen LogP contribution >= 0.6 is 11.8 Å². The predicted octanol–water partition coefficient (Wildman–Crippen LogP) is 1.66. The van der Waals surface area contributed by atoms with Crippen molar-refractivity contribution in [1.29, 1.82) is 0 Å². The van der Waals surface area contributed by atoms with E-state index in [0.717, 1.165) is 30.4 Å². The highest BCUT2D eigenvalue weighted by molar-refractivity contribution is 8.13. The van der Waals surface area contributed by atoms with Gasteiger partial charge in [0.2, 0.25) is 0 Å². The number of aliphatic imine (C=N–C) groups is 1.